The van der Waals surface area contributed by atoms with Crippen molar-refractivity contribution < 1.29 is 18.8 Å². The number of aryl methyl sites for hydroxylation is 2. The molecule has 0 unspecified atom stereocenters. The van der Waals surface area contributed by atoms with E-state index >= 15 is 0 Å². The van der Waals surface area contributed by atoms with Crippen LogP contribution in [0.2, 0.25) is 0 Å². The van der Waals surface area contributed by atoms with Crippen LogP contribution in [0.4, 0.5) is 0 Å². The van der Waals surface area contributed by atoms with E-state index < -0.39 is 5.97 Å². The lowest BCUT2D eigenvalue weighted by Crippen LogP contribution is -2.30. The summed E-state index contributed by atoms with van der Waals surface area (Å²) >= 11 is 0. The van der Waals surface area contributed by atoms with Crippen molar-refractivity contribution in [3.05, 3.63) is 71.1 Å². The number of benzene rings is 2. The van der Waals surface area contributed by atoms with Crippen molar-refractivity contribution in [2.45, 2.75) is 20.5 Å². The lowest BCUT2D eigenvalue weighted by atomic mass is 10.1. The number of carbonyl (C=O) groups is 2. The molecule has 0 aliphatic heterocycles. The molecule has 1 amide bonds. The molecule has 0 aliphatic carbocycles. The number of hydrogen-bond acceptors (Lipinski definition) is 6. The Labute approximate surface area is 156 Å². The normalized spacial score (nSPS) is 10.4. The van der Waals surface area contributed by atoms with E-state index in [2.05, 4.69) is 15.5 Å². The minimum atomic E-state index is -0.591. The molecule has 0 fully saturated rings. The smallest absolute Gasteiger partial charge is 0.325 e. The number of amides is 1. The molecule has 0 saturated heterocycles. The monoisotopic (exact) mass is 365 g/mol. The minimum absolute atomic E-state index is 0.155. The second-order valence-electron chi connectivity index (χ2n) is 6.02. The maximum Gasteiger partial charge on any atom is 0.325 e. The topological polar surface area (TPSA) is 94.3 Å². The molecule has 1 aromatic heterocycles. The van der Waals surface area contributed by atoms with Gasteiger partial charge in [0.15, 0.2) is 6.61 Å². The highest BCUT2D eigenvalue weighted by molar-refractivity contribution is 5.96. The molecule has 0 aliphatic rings. The van der Waals surface area contributed by atoms with Gasteiger partial charge in [0, 0.05) is 11.1 Å². The summed E-state index contributed by atoms with van der Waals surface area (Å²) in [5.41, 5.74) is 3.41. The van der Waals surface area contributed by atoms with E-state index in [0.717, 1.165) is 16.7 Å². The third-order valence-corrected chi connectivity index (χ3v) is 4.02. The Bertz CT molecular complexity index is 951. The summed E-state index contributed by atoms with van der Waals surface area (Å²) in [7, 11) is 0. The fraction of sp³-hybridized carbons (Fsp3) is 0.200. The van der Waals surface area contributed by atoms with Crippen molar-refractivity contribution in [3.63, 3.8) is 0 Å². The summed E-state index contributed by atoms with van der Waals surface area (Å²) in [6, 6.07) is 14.7. The summed E-state index contributed by atoms with van der Waals surface area (Å²) < 4.78 is 10.1. The first-order chi connectivity index (χ1) is 13.0. The number of rotatable bonds is 6. The van der Waals surface area contributed by atoms with E-state index in [0.29, 0.717) is 11.4 Å². The van der Waals surface area contributed by atoms with Crippen molar-refractivity contribution >= 4 is 11.9 Å². The largest absolute Gasteiger partial charge is 0.454 e. The highest BCUT2D eigenvalue weighted by Gasteiger charge is 2.13. The summed E-state index contributed by atoms with van der Waals surface area (Å²) in [6.07, 6.45) is 0. The van der Waals surface area contributed by atoms with Gasteiger partial charge in [-0.2, -0.15) is 4.98 Å². The molecule has 3 rings (SSSR count). The quantitative estimate of drug-likeness (QED) is 0.675. The van der Waals surface area contributed by atoms with Crippen LogP contribution in [-0.2, 0) is 16.1 Å². The van der Waals surface area contributed by atoms with Crippen LogP contribution in [0, 0.1) is 13.8 Å². The van der Waals surface area contributed by atoms with E-state index in [9.17, 15) is 9.59 Å². The van der Waals surface area contributed by atoms with Crippen LogP contribution >= 0.6 is 0 Å². The van der Waals surface area contributed by atoms with Crippen LogP contribution in [0.1, 0.15) is 27.4 Å². The maximum absolute atomic E-state index is 12.1. The number of carbonyl (C=O) groups excluding carboxylic acids is 2. The first kappa shape index (κ1) is 18.3. The van der Waals surface area contributed by atoms with Crippen LogP contribution in [0.15, 0.2) is 53.1 Å². The van der Waals surface area contributed by atoms with Crippen molar-refractivity contribution in [3.8, 4) is 11.4 Å². The Kier molecular flexibility index (Phi) is 5.61. The Morgan fingerprint density at radius 1 is 1.07 bits per heavy atom. The van der Waals surface area contributed by atoms with E-state index in [4.69, 9.17) is 9.26 Å². The molecule has 0 spiro atoms. The maximum atomic E-state index is 12.1. The predicted molar refractivity (Wildman–Crippen MR) is 97.8 cm³/mol. The Balaban J connectivity index is 1.48. The molecule has 138 valence electrons. The van der Waals surface area contributed by atoms with Crippen LogP contribution in [0.5, 0.6) is 0 Å². The molecule has 27 heavy (non-hydrogen) atoms. The second-order valence-corrected chi connectivity index (χ2v) is 6.02. The lowest BCUT2D eigenvalue weighted by Gasteiger charge is -2.07. The fourth-order valence-corrected chi connectivity index (χ4v) is 2.35. The van der Waals surface area contributed by atoms with Gasteiger partial charge in [0.05, 0.1) is 0 Å². The average molecular weight is 365 g/mol. The summed E-state index contributed by atoms with van der Waals surface area (Å²) in [6.45, 7) is 3.49. The highest BCUT2D eigenvalue weighted by atomic mass is 16.6. The zero-order valence-electron chi connectivity index (χ0n) is 15.1. The average Bonchev–Trinajstić information content (AvgIpc) is 3.16. The molecule has 3 aromatic rings. The SMILES string of the molecule is Cc1ccc(C(=O)NCC(=O)OCc2nc(-c3ccccc3)no2)cc1C. The van der Waals surface area contributed by atoms with E-state index in [1.807, 2.05) is 50.2 Å². The van der Waals surface area contributed by atoms with Crippen molar-refractivity contribution in [1.29, 1.82) is 0 Å². The molecule has 2 aromatic carbocycles. The fourth-order valence-electron chi connectivity index (χ4n) is 2.35. The number of ether oxygens (including phenoxy) is 1. The number of nitrogens with zero attached hydrogens (tertiary/aromatic N) is 2. The number of nitrogens with one attached hydrogen (secondary N) is 1. The third kappa shape index (κ3) is 4.78. The molecule has 7 nitrogen and oxygen atoms in total. The van der Waals surface area contributed by atoms with Crippen molar-refractivity contribution in [1.82, 2.24) is 15.5 Å². The summed E-state index contributed by atoms with van der Waals surface area (Å²) in [4.78, 5) is 28.1. The zero-order chi connectivity index (χ0) is 19.2. The van der Waals surface area contributed by atoms with Gasteiger partial charge in [-0.25, -0.2) is 0 Å². The summed E-state index contributed by atoms with van der Waals surface area (Å²) in [5, 5.41) is 6.38. The molecular weight excluding hydrogens is 346 g/mol. The van der Waals surface area contributed by atoms with Crippen LogP contribution in [0.25, 0.3) is 11.4 Å². The van der Waals surface area contributed by atoms with Gasteiger partial charge in [-0.1, -0.05) is 41.6 Å². The molecule has 1 heterocycles. The van der Waals surface area contributed by atoms with Gasteiger partial charge >= 0.3 is 5.97 Å². The van der Waals surface area contributed by atoms with Crippen molar-refractivity contribution in [2.75, 3.05) is 6.54 Å². The Morgan fingerprint density at radius 2 is 1.85 bits per heavy atom. The summed E-state index contributed by atoms with van der Waals surface area (Å²) in [5.74, 6) is -0.321. The standard InChI is InChI=1S/C20H19N3O4/c1-13-8-9-16(10-14(13)2)20(25)21-11-18(24)26-12-17-22-19(23-27-17)15-6-4-3-5-7-15/h3-10H,11-12H2,1-2H3,(H,21,25). The van der Waals surface area contributed by atoms with E-state index in [-0.39, 0.29) is 24.9 Å². The first-order valence-electron chi connectivity index (χ1n) is 8.42. The molecule has 0 radical (unpaired) electrons. The van der Waals surface area contributed by atoms with Gasteiger partial charge in [-0.3, -0.25) is 9.59 Å². The lowest BCUT2D eigenvalue weighted by molar-refractivity contribution is -0.144. The van der Waals surface area contributed by atoms with Crippen LogP contribution in [-0.4, -0.2) is 28.6 Å². The minimum Gasteiger partial charge on any atom is -0.454 e. The van der Waals surface area contributed by atoms with Gasteiger partial charge in [0.25, 0.3) is 11.8 Å². The van der Waals surface area contributed by atoms with Crippen LogP contribution < -0.4 is 5.32 Å². The Morgan fingerprint density at radius 3 is 2.59 bits per heavy atom. The molecule has 1 N–H and O–H groups in total. The first-order valence-corrected chi connectivity index (χ1v) is 8.42. The predicted octanol–water partition coefficient (Wildman–Crippen LogP) is 2.83. The van der Waals surface area contributed by atoms with Crippen LogP contribution in [0.3, 0.4) is 0 Å². The van der Waals surface area contributed by atoms with Crippen molar-refractivity contribution in [2.24, 2.45) is 0 Å². The number of aromatic nitrogens is 2. The number of esters is 1. The zero-order valence-corrected chi connectivity index (χ0v) is 15.1. The molecule has 7 heteroatoms. The number of hydrogen-bond donors (Lipinski definition) is 1. The molecule has 0 saturated carbocycles. The van der Waals surface area contributed by atoms with Gasteiger partial charge in [0.1, 0.15) is 6.54 Å². The van der Waals surface area contributed by atoms with Gasteiger partial charge in [-0.05, 0) is 37.1 Å². The molecule has 0 atom stereocenters. The Hall–Kier alpha value is -3.48. The van der Waals surface area contributed by atoms with E-state index in [1.165, 1.54) is 0 Å². The second kappa shape index (κ2) is 8.27. The van der Waals surface area contributed by atoms with E-state index in [1.54, 1.807) is 12.1 Å². The molecular formula is C20H19N3O4. The van der Waals surface area contributed by atoms with Gasteiger partial charge < -0.3 is 14.6 Å². The van der Waals surface area contributed by atoms with Gasteiger partial charge in [0.2, 0.25) is 5.82 Å². The highest BCUT2D eigenvalue weighted by Crippen LogP contribution is 2.15. The molecule has 0 bridgehead atoms. The third-order valence-electron chi connectivity index (χ3n) is 4.02. The van der Waals surface area contributed by atoms with Gasteiger partial charge in [-0.15, -0.1) is 0 Å².